The highest BCUT2D eigenvalue weighted by Crippen LogP contribution is 2.34. The highest BCUT2D eigenvalue weighted by Gasteiger charge is 2.19. The van der Waals surface area contributed by atoms with Gasteiger partial charge in [0.25, 0.3) is 0 Å². The van der Waals surface area contributed by atoms with Crippen molar-refractivity contribution in [1.82, 2.24) is 14.6 Å². The lowest BCUT2D eigenvalue weighted by atomic mass is 9.96. The van der Waals surface area contributed by atoms with Crippen molar-refractivity contribution < 1.29 is 0 Å². The second kappa shape index (κ2) is 7.98. The minimum Gasteiger partial charge on any atom is -0.384 e. The van der Waals surface area contributed by atoms with Crippen LogP contribution >= 0.6 is 0 Å². The molecule has 140 valence electrons. The van der Waals surface area contributed by atoms with E-state index in [1.54, 1.807) is 10.6 Å². The predicted molar refractivity (Wildman–Crippen MR) is 118 cm³/mol. The summed E-state index contributed by atoms with van der Waals surface area (Å²) in [5.74, 6) is 3.14. The van der Waals surface area contributed by atoms with Crippen LogP contribution in [-0.4, -0.2) is 14.6 Å². The van der Waals surface area contributed by atoms with Crippen molar-refractivity contribution in [2.75, 3.05) is 5.73 Å². The van der Waals surface area contributed by atoms with E-state index in [1.165, 1.54) is 5.57 Å². The Labute approximate surface area is 166 Å². The highest BCUT2D eigenvalue weighted by atomic mass is 15.3. The number of nitrogen functional groups attached to an aromatic ring is 1. The van der Waals surface area contributed by atoms with Crippen LogP contribution in [0.15, 0.2) is 66.4 Å². The van der Waals surface area contributed by atoms with E-state index in [0.717, 1.165) is 40.0 Å². The molecule has 28 heavy (non-hydrogen) atoms. The lowest BCUT2D eigenvalue weighted by Gasteiger charge is -2.08. The number of nitrogens with zero attached hydrogens (tertiary/aromatic N) is 3. The van der Waals surface area contributed by atoms with E-state index in [4.69, 9.17) is 17.3 Å². The summed E-state index contributed by atoms with van der Waals surface area (Å²) in [6.45, 7) is 10.3. The molecule has 2 N–H and O–H groups in total. The molecule has 0 unspecified atom stereocenters. The Morgan fingerprint density at radius 3 is 2.75 bits per heavy atom. The molecule has 1 aromatic carbocycles. The van der Waals surface area contributed by atoms with Gasteiger partial charge < -0.3 is 5.73 Å². The first-order valence-corrected chi connectivity index (χ1v) is 9.19. The Bertz CT molecular complexity index is 1150. The summed E-state index contributed by atoms with van der Waals surface area (Å²) in [5.41, 5.74) is 13.3. The van der Waals surface area contributed by atoms with E-state index in [9.17, 15) is 0 Å². The summed E-state index contributed by atoms with van der Waals surface area (Å²) in [4.78, 5) is 4.56. The molecule has 0 bridgehead atoms. The molecule has 4 nitrogen and oxygen atoms in total. The van der Waals surface area contributed by atoms with Crippen LogP contribution in [0.3, 0.4) is 0 Å². The van der Waals surface area contributed by atoms with Crippen molar-refractivity contribution in [1.29, 1.82) is 0 Å². The first kappa shape index (κ1) is 19.2. The molecule has 0 radical (unpaired) electrons. The summed E-state index contributed by atoms with van der Waals surface area (Å²) in [6.07, 6.45) is 12.6. The van der Waals surface area contributed by atoms with Gasteiger partial charge in [0.2, 0.25) is 0 Å². The smallest absolute Gasteiger partial charge is 0.165 e. The van der Waals surface area contributed by atoms with Crippen molar-refractivity contribution in [3.05, 3.63) is 77.5 Å². The topological polar surface area (TPSA) is 56.2 Å². The molecule has 2 aromatic heterocycles. The number of hydrogen-bond donors (Lipinski definition) is 1. The number of allylic oxidation sites excluding steroid dienone is 5. The van der Waals surface area contributed by atoms with E-state index in [0.29, 0.717) is 11.5 Å². The van der Waals surface area contributed by atoms with Gasteiger partial charge in [0.05, 0.1) is 5.56 Å². The lowest BCUT2D eigenvalue weighted by molar-refractivity contribution is 0.945. The fourth-order valence-corrected chi connectivity index (χ4v) is 2.99. The molecule has 0 aliphatic carbocycles. The van der Waals surface area contributed by atoms with Crippen molar-refractivity contribution in [2.45, 2.75) is 27.2 Å². The minimum absolute atomic E-state index is 0.448. The van der Waals surface area contributed by atoms with E-state index in [1.807, 2.05) is 37.4 Å². The Balaban J connectivity index is 2.39. The fourth-order valence-electron chi connectivity index (χ4n) is 2.99. The molecule has 0 saturated carbocycles. The van der Waals surface area contributed by atoms with Gasteiger partial charge in [-0.05, 0) is 44.0 Å². The number of fused-ring (bicyclic) bond motifs is 1. The summed E-state index contributed by atoms with van der Waals surface area (Å²) in [5, 5.41) is 4.79. The molecule has 3 aromatic rings. The third kappa shape index (κ3) is 3.89. The Morgan fingerprint density at radius 1 is 1.29 bits per heavy atom. The average molecular weight is 368 g/mol. The second-order valence-electron chi connectivity index (χ2n) is 6.86. The summed E-state index contributed by atoms with van der Waals surface area (Å²) < 4.78 is 1.75. The van der Waals surface area contributed by atoms with Gasteiger partial charge in [-0.25, -0.2) is 9.50 Å². The van der Waals surface area contributed by atoms with Gasteiger partial charge in [0.15, 0.2) is 5.65 Å². The van der Waals surface area contributed by atoms with Gasteiger partial charge in [0.1, 0.15) is 11.5 Å². The predicted octanol–water partition coefficient (Wildman–Crippen LogP) is 5.28. The van der Waals surface area contributed by atoms with Crippen molar-refractivity contribution in [2.24, 2.45) is 0 Å². The van der Waals surface area contributed by atoms with Crippen LogP contribution in [0.4, 0.5) is 5.82 Å². The van der Waals surface area contributed by atoms with Crippen LogP contribution in [-0.2, 0) is 0 Å². The SMILES string of the molecule is C#Cc1cccc(-c2nn3ccc(N)nc3c2C(/C=C(\C)CC)=C/C(=C)C)c1. The van der Waals surface area contributed by atoms with E-state index in [2.05, 4.69) is 43.5 Å². The number of aromatic nitrogens is 3. The first-order chi connectivity index (χ1) is 13.4. The zero-order chi connectivity index (χ0) is 20.3. The monoisotopic (exact) mass is 368 g/mol. The molecule has 4 heteroatoms. The third-order valence-electron chi connectivity index (χ3n) is 4.46. The lowest BCUT2D eigenvalue weighted by Crippen LogP contribution is -1.96. The molecule has 0 aliphatic rings. The Kier molecular flexibility index (Phi) is 5.47. The molecule has 0 spiro atoms. The van der Waals surface area contributed by atoms with Gasteiger partial charge >= 0.3 is 0 Å². The van der Waals surface area contributed by atoms with Gasteiger partial charge in [-0.2, -0.15) is 5.10 Å². The van der Waals surface area contributed by atoms with Crippen LogP contribution in [0, 0.1) is 12.3 Å². The zero-order valence-electron chi connectivity index (χ0n) is 16.5. The summed E-state index contributed by atoms with van der Waals surface area (Å²) in [7, 11) is 0. The zero-order valence-corrected chi connectivity index (χ0v) is 16.5. The Morgan fingerprint density at radius 2 is 2.07 bits per heavy atom. The molecule has 0 amide bonds. The number of anilines is 1. The van der Waals surface area contributed by atoms with Crippen LogP contribution in [0.5, 0.6) is 0 Å². The summed E-state index contributed by atoms with van der Waals surface area (Å²) in [6, 6.07) is 9.55. The molecule has 0 saturated heterocycles. The highest BCUT2D eigenvalue weighted by molar-refractivity contribution is 5.92. The quantitative estimate of drug-likeness (QED) is 0.493. The molecule has 0 aliphatic heterocycles. The van der Waals surface area contributed by atoms with Crippen molar-refractivity contribution in [3.8, 4) is 23.6 Å². The first-order valence-electron chi connectivity index (χ1n) is 9.19. The van der Waals surface area contributed by atoms with Crippen LogP contribution < -0.4 is 5.73 Å². The molecule has 0 atom stereocenters. The van der Waals surface area contributed by atoms with Crippen molar-refractivity contribution in [3.63, 3.8) is 0 Å². The Hall–Kier alpha value is -3.58. The maximum absolute atomic E-state index is 5.98. The fraction of sp³-hybridized carbons (Fsp3) is 0.167. The average Bonchev–Trinajstić information content (AvgIpc) is 3.05. The normalized spacial score (nSPS) is 12.2. The molecule has 2 heterocycles. The summed E-state index contributed by atoms with van der Waals surface area (Å²) >= 11 is 0. The van der Waals surface area contributed by atoms with Crippen molar-refractivity contribution >= 4 is 17.0 Å². The van der Waals surface area contributed by atoms with Gasteiger partial charge in [-0.15, -0.1) is 6.42 Å². The largest absolute Gasteiger partial charge is 0.384 e. The molecule has 3 rings (SSSR count). The maximum Gasteiger partial charge on any atom is 0.165 e. The van der Waals surface area contributed by atoms with Gasteiger partial charge in [-0.1, -0.05) is 54.9 Å². The molecular weight excluding hydrogens is 344 g/mol. The standard InChI is InChI=1S/C24H24N4/c1-6-17(5)14-20(13-16(3)4)22-23(19-10-8-9-18(7-2)15-19)27-28-12-11-21(25)26-24(22)28/h2,8-15H,3,6H2,1,4-5H3,(H2,25,26)/b17-14+,20-13+. The number of terminal acetylenes is 1. The van der Waals surface area contributed by atoms with Crippen LogP contribution in [0.2, 0.25) is 0 Å². The number of hydrogen-bond acceptors (Lipinski definition) is 3. The minimum atomic E-state index is 0.448. The third-order valence-corrected chi connectivity index (χ3v) is 4.46. The van der Waals surface area contributed by atoms with Gasteiger partial charge in [0, 0.05) is 17.3 Å². The molecular formula is C24H24N4. The number of benzene rings is 1. The second-order valence-corrected chi connectivity index (χ2v) is 6.86. The molecule has 0 fully saturated rings. The number of nitrogens with two attached hydrogens (primary N) is 1. The van der Waals surface area contributed by atoms with E-state index < -0.39 is 0 Å². The van der Waals surface area contributed by atoms with E-state index >= 15 is 0 Å². The maximum atomic E-state index is 5.98. The van der Waals surface area contributed by atoms with Gasteiger partial charge in [-0.3, -0.25) is 0 Å². The van der Waals surface area contributed by atoms with Crippen LogP contribution in [0.25, 0.3) is 22.5 Å². The van der Waals surface area contributed by atoms with E-state index in [-0.39, 0.29) is 0 Å². The van der Waals surface area contributed by atoms with Crippen LogP contribution in [0.1, 0.15) is 38.3 Å². The number of rotatable bonds is 5.